The van der Waals surface area contributed by atoms with Gasteiger partial charge in [0.1, 0.15) is 0 Å². The monoisotopic (exact) mass is 315 g/mol. The zero-order chi connectivity index (χ0) is 16.7. The predicted octanol–water partition coefficient (Wildman–Crippen LogP) is 2.98. The summed E-state index contributed by atoms with van der Waals surface area (Å²) >= 11 is 0. The number of benzene rings is 1. The normalized spacial score (nSPS) is 10.0. The smallest absolute Gasteiger partial charge is 0.252 e. The van der Waals surface area contributed by atoms with Crippen LogP contribution in [-0.2, 0) is 0 Å². The van der Waals surface area contributed by atoms with E-state index >= 15 is 0 Å². The lowest BCUT2D eigenvalue weighted by Gasteiger charge is -2.12. The Morgan fingerprint density at radius 1 is 1.09 bits per heavy atom. The summed E-state index contributed by atoms with van der Waals surface area (Å²) < 4.78 is 10.5. The van der Waals surface area contributed by atoms with E-state index in [-0.39, 0.29) is 5.91 Å². The number of hydrogen-bond acceptors (Lipinski definition) is 5. The van der Waals surface area contributed by atoms with Gasteiger partial charge in [0.15, 0.2) is 11.5 Å². The van der Waals surface area contributed by atoms with E-state index in [9.17, 15) is 4.79 Å². The second-order valence-electron chi connectivity index (χ2n) is 4.91. The Kier molecular flexibility index (Phi) is 5.80. The number of rotatable bonds is 7. The second-order valence-corrected chi connectivity index (χ2v) is 4.91. The number of carbonyl (C=O) groups excluding carboxylic acids is 1. The SMILES string of the molecule is CCCNC(=O)c1cncc(Nc2ccc(OC)c(OC)c2)c1. The molecule has 2 aromatic rings. The van der Waals surface area contributed by atoms with Crippen LogP contribution in [0.25, 0.3) is 0 Å². The molecule has 2 rings (SSSR count). The molecule has 0 radical (unpaired) electrons. The Hall–Kier alpha value is -2.76. The van der Waals surface area contributed by atoms with Gasteiger partial charge in [-0.15, -0.1) is 0 Å². The third-order valence-corrected chi connectivity index (χ3v) is 3.21. The van der Waals surface area contributed by atoms with Crippen molar-refractivity contribution in [3.05, 3.63) is 42.2 Å². The van der Waals surface area contributed by atoms with Crippen molar-refractivity contribution in [2.45, 2.75) is 13.3 Å². The van der Waals surface area contributed by atoms with Crippen LogP contribution in [0, 0.1) is 0 Å². The van der Waals surface area contributed by atoms with Gasteiger partial charge in [-0.05, 0) is 24.6 Å². The van der Waals surface area contributed by atoms with E-state index in [4.69, 9.17) is 9.47 Å². The number of anilines is 2. The minimum absolute atomic E-state index is 0.129. The lowest BCUT2D eigenvalue weighted by atomic mass is 10.2. The van der Waals surface area contributed by atoms with Crippen molar-refractivity contribution < 1.29 is 14.3 Å². The van der Waals surface area contributed by atoms with Gasteiger partial charge < -0.3 is 20.1 Å². The summed E-state index contributed by atoms with van der Waals surface area (Å²) in [5, 5.41) is 6.03. The summed E-state index contributed by atoms with van der Waals surface area (Å²) in [6, 6.07) is 7.26. The molecule has 6 heteroatoms. The van der Waals surface area contributed by atoms with Crippen molar-refractivity contribution in [3.8, 4) is 11.5 Å². The highest BCUT2D eigenvalue weighted by atomic mass is 16.5. The highest BCUT2D eigenvalue weighted by molar-refractivity contribution is 5.94. The highest BCUT2D eigenvalue weighted by Crippen LogP contribution is 2.31. The molecule has 0 aliphatic carbocycles. The van der Waals surface area contributed by atoms with E-state index in [1.165, 1.54) is 0 Å². The topological polar surface area (TPSA) is 72.5 Å². The van der Waals surface area contributed by atoms with Crippen LogP contribution in [0.1, 0.15) is 23.7 Å². The van der Waals surface area contributed by atoms with Crippen LogP contribution in [0.15, 0.2) is 36.7 Å². The number of methoxy groups -OCH3 is 2. The summed E-state index contributed by atoms with van der Waals surface area (Å²) in [6.07, 6.45) is 4.10. The largest absolute Gasteiger partial charge is 0.493 e. The molecular weight excluding hydrogens is 294 g/mol. The van der Waals surface area contributed by atoms with Crippen LogP contribution in [0.5, 0.6) is 11.5 Å². The summed E-state index contributed by atoms with van der Waals surface area (Å²) in [7, 11) is 3.18. The first kappa shape index (κ1) is 16.6. The summed E-state index contributed by atoms with van der Waals surface area (Å²) in [5.41, 5.74) is 2.06. The molecule has 23 heavy (non-hydrogen) atoms. The van der Waals surface area contributed by atoms with Crippen molar-refractivity contribution in [2.24, 2.45) is 0 Å². The van der Waals surface area contributed by atoms with Crippen LogP contribution in [-0.4, -0.2) is 31.7 Å². The van der Waals surface area contributed by atoms with Gasteiger partial charge in [0.05, 0.1) is 31.7 Å². The average molecular weight is 315 g/mol. The molecule has 0 aliphatic rings. The number of hydrogen-bond donors (Lipinski definition) is 2. The molecule has 1 aromatic heterocycles. The third-order valence-electron chi connectivity index (χ3n) is 3.21. The minimum Gasteiger partial charge on any atom is -0.493 e. The molecule has 0 spiro atoms. The van der Waals surface area contributed by atoms with Gasteiger partial charge in [0, 0.05) is 24.5 Å². The van der Waals surface area contributed by atoms with Crippen molar-refractivity contribution >= 4 is 17.3 Å². The maximum atomic E-state index is 12.0. The molecule has 0 atom stereocenters. The maximum Gasteiger partial charge on any atom is 0.252 e. The minimum atomic E-state index is -0.129. The molecular formula is C17H21N3O3. The summed E-state index contributed by atoms with van der Waals surface area (Å²) in [4.78, 5) is 16.1. The molecule has 1 heterocycles. The van der Waals surface area contributed by atoms with Crippen molar-refractivity contribution in [1.82, 2.24) is 10.3 Å². The number of nitrogens with one attached hydrogen (secondary N) is 2. The Labute approximate surface area is 135 Å². The van der Waals surface area contributed by atoms with Gasteiger partial charge in [0.25, 0.3) is 5.91 Å². The number of ether oxygens (including phenoxy) is 2. The van der Waals surface area contributed by atoms with E-state index in [1.807, 2.05) is 25.1 Å². The first-order chi connectivity index (χ1) is 11.2. The number of pyridine rings is 1. The van der Waals surface area contributed by atoms with E-state index in [0.717, 1.165) is 17.8 Å². The van der Waals surface area contributed by atoms with Crippen LogP contribution in [0.4, 0.5) is 11.4 Å². The van der Waals surface area contributed by atoms with Crippen LogP contribution < -0.4 is 20.1 Å². The Morgan fingerprint density at radius 2 is 1.87 bits per heavy atom. The van der Waals surface area contributed by atoms with Gasteiger partial charge in [-0.1, -0.05) is 6.92 Å². The fourth-order valence-electron chi connectivity index (χ4n) is 2.05. The second kappa shape index (κ2) is 8.03. The Bertz CT molecular complexity index is 674. The molecule has 0 bridgehead atoms. The Morgan fingerprint density at radius 3 is 2.57 bits per heavy atom. The van der Waals surface area contributed by atoms with Gasteiger partial charge >= 0.3 is 0 Å². The lowest BCUT2D eigenvalue weighted by molar-refractivity contribution is 0.0953. The van der Waals surface area contributed by atoms with Crippen molar-refractivity contribution in [2.75, 3.05) is 26.1 Å². The maximum absolute atomic E-state index is 12.0. The highest BCUT2D eigenvalue weighted by Gasteiger charge is 2.08. The predicted molar refractivity (Wildman–Crippen MR) is 89.7 cm³/mol. The lowest BCUT2D eigenvalue weighted by Crippen LogP contribution is -2.24. The van der Waals surface area contributed by atoms with E-state index in [2.05, 4.69) is 15.6 Å². The molecule has 122 valence electrons. The summed E-state index contributed by atoms with van der Waals surface area (Å²) in [5.74, 6) is 1.15. The standard InChI is InChI=1S/C17H21N3O3/c1-4-7-19-17(21)12-8-14(11-18-10-12)20-13-5-6-15(22-2)16(9-13)23-3/h5-6,8-11,20H,4,7H2,1-3H3,(H,19,21). The van der Waals surface area contributed by atoms with Crippen molar-refractivity contribution in [1.29, 1.82) is 0 Å². The van der Waals surface area contributed by atoms with Crippen LogP contribution in [0.2, 0.25) is 0 Å². The van der Waals surface area contributed by atoms with E-state index in [0.29, 0.717) is 23.6 Å². The molecule has 0 fully saturated rings. The van der Waals surface area contributed by atoms with E-state index in [1.54, 1.807) is 32.7 Å². The van der Waals surface area contributed by atoms with Gasteiger partial charge in [-0.3, -0.25) is 9.78 Å². The number of aromatic nitrogens is 1. The molecule has 2 N–H and O–H groups in total. The Balaban J connectivity index is 2.15. The zero-order valence-electron chi connectivity index (χ0n) is 13.6. The van der Waals surface area contributed by atoms with Crippen molar-refractivity contribution in [3.63, 3.8) is 0 Å². The first-order valence-corrected chi connectivity index (χ1v) is 7.40. The quantitative estimate of drug-likeness (QED) is 0.822. The number of amides is 1. The number of carbonyl (C=O) groups is 1. The van der Waals surface area contributed by atoms with Gasteiger partial charge in [-0.25, -0.2) is 0 Å². The molecule has 1 aromatic carbocycles. The molecule has 0 saturated heterocycles. The third kappa shape index (κ3) is 4.35. The van der Waals surface area contributed by atoms with Crippen LogP contribution in [0.3, 0.4) is 0 Å². The molecule has 0 unspecified atom stereocenters. The average Bonchev–Trinajstić information content (AvgIpc) is 2.59. The van der Waals surface area contributed by atoms with Gasteiger partial charge in [-0.2, -0.15) is 0 Å². The van der Waals surface area contributed by atoms with E-state index < -0.39 is 0 Å². The molecule has 0 saturated carbocycles. The molecule has 6 nitrogen and oxygen atoms in total. The fourth-order valence-corrected chi connectivity index (χ4v) is 2.05. The van der Waals surface area contributed by atoms with Crippen LogP contribution >= 0.6 is 0 Å². The zero-order valence-corrected chi connectivity index (χ0v) is 13.6. The molecule has 0 aliphatic heterocycles. The molecule has 1 amide bonds. The fraction of sp³-hybridized carbons (Fsp3) is 0.294. The van der Waals surface area contributed by atoms with Gasteiger partial charge in [0.2, 0.25) is 0 Å². The first-order valence-electron chi connectivity index (χ1n) is 7.40. The summed E-state index contributed by atoms with van der Waals surface area (Å²) in [6.45, 7) is 2.65. The number of nitrogens with zero attached hydrogens (tertiary/aromatic N) is 1.